The number of rotatable bonds is 9. The minimum Gasteiger partial charge on any atom is -0.496 e. The number of hydrogen-bond donors (Lipinski definition) is 1. The Balaban J connectivity index is 2.35. The summed E-state index contributed by atoms with van der Waals surface area (Å²) in [4.78, 5) is 49.9. The zero-order valence-electron chi connectivity index (χ0n) is 18.0. The molecule has 2 rings (SSSR count). The molecule has 0 aliphatic rings. The van der Waals surface area contributed by atoms with Gasteiger partial charge in [0.05, 0.1) is 21.3 Å². The van der Waals surface area contributed by atoms with E-state index in [0.29, 0.717) is 12.2 Å². The van der Waals surface area contributed by atoms with Gasteiger partial charge in [-0.15, -0.1) is 0 Å². The van der Waals surface area contributed by atoms with E-state index in [1.54, 1.807) is 0 Å². The van der Waals surface area contributed by atoms with Crippen LogP contribution in [0.1, 0.15) is 34.1 Å². The Morgan fingerprint density at radius 2 is 1.58 bits per heavy atom. The standard InChI is InChI=1S/C20H25N3O8/c1-6-7-23-17(21)16(18(25)22(2)20(23)27)12(24)10-31-19(26)11-8-14(29-4)15(30-5)9-13(11)28-3/h8-9H,6-7,10,21H2,1-5H3. The van der Waals surface area contributed by atoms with Gasteiger partial charge in [-0.3, -0.25) is 18.7 Å². The van der Waals surface area contributed by atoms with Gasteiger partial charge in [-0.2, -0.15) is 0 Å². The maximum absolute atomic E-state index is 12.7. The first-order valence-electron chi connectivity index (χ1n) is 9.31. The van der Waals surface area contributed by atoms with Crippen molar-refractivity contribution in [3.63, 3.8) is 0 Å². The molecule has 0 amide bonds. The number of benzene rings is 1. The molecule has 0 saturated carbocycles. The van der Waals surface area contributed by atoms with Crippen molar-refractivity contribution in [2.24, 2.45) is 7.05 Å². The van der Waals surface area contributed by atoms with Crippen molar-refractivity contribution in [1.29, 1.82) is 0 Å². The highest BCUT2D eigenvalue weighted by Crippen LogP contribution is 2.34. The minimum absolute atomic E-state index is 0.00947. The smallest absolute Gasteiger partial charge is 0.342 e. The third-order valence-electron chi connectivity index (χ3n) is 4.57. The lowest BCUT2D eigenvalue weighted by Gasteiger charge is -2.15. The van der Waals surface area contributed by atoms with Crippen LogP contribution in [0.3, 0.4) is 0 Å². The van der Waals surface area contributed by atoms with Crippen molar-refractivity contribution in [2.75, 3.05) is 33.7 Å². The van der Waals surface area contributed by atoms with Crippen LogP contribution in [-0.2, 0) is 18.3 Å². The van der Waals surface area contributed by atoms with E-state index in [-0.39, 0.29) is 29.4 Å². The first-order chi connectivity index (χ1) is 14.7. The highest BCUT2D eigenvalue weighted by Gasteiger charge is 2.24. The van der Waals surface area contributed by atoms with Crippen LogP contribution in [0, 0.1) is 0 Å². The van der Waals surface area contributed by atoms with Gasteiger partial charge in [-0.1, -0.05) is 6.92 Å². The van der Waals surface area contributed by atoms with Gasteiger partial charge in [0.1, 0.15) is 22.7 Å². The number of aromatic nitrogens is 2. The lowest BCUT2D eigenvalue weighted by molar-refractivity contribution is 0.0470. The number of esters is 1. The third-order valence-corrected chi connectivity index (χ3v) is 4.57. The summed E-state index contributed by atoms with van der Waals surface area (Å²) in [7, 11) is 5.42. The van der Waals surface area contributed by atoms with Crippen molar-refractivity contribution in [2.45, 2.75) is 19.9 Å². The van der Waals surface area contributed by atoms with Crippen LogP contribution in [0.2, 0.25) is 0 Å². The number of methoxy groups -OCH3 is 3. The van der Waals surface area contributed by atoms with E-state index in [4.69, 9.17) is 24.7 Å². The molecule has 2 N–H and O–H groups in total. The number of nitrogens with two attached hydrogens (primary N) is 1. The van der Waals surface area contributed by atoms with E-state index in [2.05, 4.69) is 0 Å². The quantitative estimate of drug-likeness (QED) is 0.443. The molecule has 0 bridgehead atoms. The van der Waals surface area contributed by atoms with Gasteiger partial charge in [-0.05, 0) is 6.42 Å². The first kappa shape index (κ1) is 23.5. The zero-order chi connectivity index (χ0) is 23.3. The number of nitrogens with zero attached hydrogens (tertiary/aromatic N) is 2. The Morgan fingerprint density at radius 3 is 2.13 bits per heavy atom. The molecule has 0 fully saturated rings. The molecule has 0 atom stereocenters. The topological polar surface area (TPSA) is 141 Å². The average molecular weight is 435 g/mol. The Bertz CT molecular complexity index is 1120. The Hall–Kier alpha value is -3.76. The van der Waals surface area contributed by atoms with Gasteiger partial charge >= 0.3 is 11.7 Å². The molecule has 0 unspecified atom stereocenters. The van der Waals surface area contributed by atoms with Gasteiger partial charge in [0.2, 0.25) is 5.78 Å². The maximum Gasteiger partial charge on any atom is 0.342 e. The molecule has 2 aromatic rings. The fraction of sp³-hybridized carbons (Fsp3) is 0.400. The fourth-order valence-corrected chi connectivity index (χ4v) is 2.95. The van der Waals surface area contributed by atoms with Crippen molar-refractivity contribution in [1.82, 2.24) is 9.13 Å². The van der Waals surface area contributed by atoms with Gasteiger partial charge < -0.3 is 24.7 Å². The number of Topliss-reactive ketones (excluding diaryl/α,β-unsaturated/α-hetero) is 1. The summed E-state index contributed by atoms with van der Waals surface area (Å²) >= 11 is 0. The Labute approximate surface area is 177 Å². The van der Waals surface area contributed by atoms with Crippen LogP contribution >= 0.6 is 0 Å². The highest BCUT2D eigenvalue weighted by atomic mass is 16.5. The Morgan fingerprint density at radius 1 is 1.00 bits per heavy atom. The number of carbonyl (C=O) groups is 2. The number of ketones is 1. The van der Waals surface area contributed by atoms with Crippen LogP contribution < -0.4 is 31.2 Å². The summed E-state index contributed by atoms with van der Waals surface area (Å²) in [5, 5.41) is 0. The average Bonchev–Trinajstić information content (AvgIpc) is 2.77. The molecule has 11 heteroatoms. The predicted molar refractivity (Wildman–Crippen MR) is 111 cm³/mol. The third kappa shape index (κ3) is 4.55. The summed E-state index contributed by atoms with van der Waals surface area (Å²) in [5.74, 6) is -1.26. The number of anilines is 1. The summed E-state index contributed by atoms with van der Waals surface area (Å²) in [6.45, 7) is 1.28. The van der Waals surface area contributed by atoms with Crippen molar-refractivity contribution < 1.29 is 28.5 Å². The second kappa shape index (κ2) is 9.83. The zero-order valence-corrected chi connectivity index (χ0v) is 18.0. The molecule has 1 heterocycles. The molecule has 0 spiro atoms. The van der Waals surface area contributed by atoms with Crippen molar-refractivity contribution in [3.05, 3.63) is 44.1 Å². The summed E-state index contributed by atoms with van der Waals surface area (Å²) in [6.07, 6.45) is 0.560. The van der Waals surface area contributed by atoms with Crippen molar-refractivity contribution >= 4 is 17.6 Å². The summed E-state index contributed by atoms with van der Waals surface area (Å²) < 4.78 is 22.5. The van der Waals surface area contributed by atoms with E-state index in [9.17, 15) is 19.2 Å². The molecule has 168 valence electrons. The monoisotopic (exact) mass is 435 g/mol. The highest BCUT2D eigenvalue weighted by molar-refractivity contribution is 6.02. The molecular formula is C20H25N3O8. The molecule has 1 aromatic heterocycles. The van der Waals surface area contributed by atoms with Crippen LogP contribution in [-0.4, -0.2) is 48.8 Å². The van der Waals surface area contributed by atoms with E-state index in [1.165, 1.54) is 40.5 Å². The summed E-state index contributed by atoms with van der Waals surface area (Å²) in [5.41, 5.74) is 4.00. The predicted octanol–water partition coefficient (Wildman–Crippen LogP) is 0.605. The fourth-order valence-electron chi connectivity index (χ4n) is 2.95. The Kier molecular flexibility index (Phi) is 7.46. The largest absolute Gasteiger partial charge is 0.496 e. The van der Waals surface area contributed by atoms with Gasteiger partial charge in [-0.25, -0.2) is 9.59 Å². The molecule has 1 aromatic carbocycles. The summed E-state index contributed by atoms with van der Waals surface area (Å²) in [6, 6.07) is 2.78. The molecule has 0 aliphatic heterocycles. The van der Waals surface area contributed by atoms with Crippen LogP contribution in [0.5, 0.6) is 17.2 Å². The molecular weight excluding hydrogens is 410 g/mol. The second-order valence-electron chi connectivity index (χ2n) is 6.47. The molecule has 0 saturated heterocycles. The van der Waals surface area contributed by atoms with E-state index in [1.807, 2.05) is 6.92 Å². The first-order valence-corrected chi connectivity index (χ1v) is 9.31. The van der Waals surface area contributed by atoms with Gasteiger partial charge in [0, 0.05) is 25.7 Å². The van der Waals surface area contributed by atoms with Crippen LogP contribution in [0.4, 0.5) is 5.82 Å². The number of nitrogen functional groups attached to an aromatic ring is 1. The van der Waals surface area contributed by atoms with Crippen LogP contribution in [0.15, 0.2) is 21.7 Å². The number of carbonyl (C=O) groups excluding carboxylic acids is 2. The normalized spacial score (nSPS) is 10.5. The van der Waals surface area contributed by atoms with E-state index in [0.717, 1.165) is 9.13 Å². The van der Waals surface area contributed by atoms with Crippen molar-refractivity contribution in [3.8, 4) is 17.2 Å². The maximum atomic E-state index is 12.7. The van der Waals surface area contributed by atoms with E-state index >= 15 is 0 Å². The number of hydrogen-bond acceptors (Lipinski definition) is 9. The lowest BCUT2D eigenvalue weighted by atomic mass is 10.1. The second-order valence-corrected chi connectivity index (χ2v) is 6.47. The molecule has 11 nitrogen and oxygen atoms in total. The SMILES string of the molecule is CCCn1c(N)c(C(=O)COC(=O)c2cc(OC)c(OC)cc2OC)c(=O)n(C)c1=O. The van der Waals surface area contributed by atoms with Crippen LogP contribution in [0.25, 0.3) is 0 Å². The lowest BCUT2D eigenvalue weighted by Crippen LogP contribution is -2.43. The number of ether oxygens (including phenoxy) is 4. The molecule has 0 radical (unpaired) electrons. The minimum atomic E-state index is -0.886. The van der Waals surface area contributed by atoms with E-state index < -0.39 is 35.2 Å². The van der Waals surface area contributed by atoms with Gasteiger partial charge in [0.25, 0.3) is 5.56 Å². The molecule has 31 heavy (non-hydrogen) atoms. The molecule has 0 aliphatic carbocycles. The van der Waals surface area contributed by atoms with Gasteiger partial charge in [0.15, 0.2) is 18.1 Å².